The Bertz CT molecular complexity index is 1200. The van der Waals surface area contributed by atoms with E-state index < -0.39 is 40.0 Å². The molecule has 34 heavy (non-hydrogen) atoms. The number of carbonyl (C=O) groups excluding carboxylic acids is 3. The number of sulfonamides is 1. The Morgan fingerprint density at radius 1 is 1.15 bits per heavy atom. The molecular formula is C23H28N4O6S. The van der Waals surface area contributed by atoms with Crippen LogP contribution in [0.4, 0.5) is 10.5 Å². The molecule has 4 amide bonds. The minimum absolute atomic E-state index is 0.0466. The number of rotatable bonds is 9. The van der Waals surface area contributed by atoms with Gasteiger partial charge in [-0.05, 0) is 30.2 Å². The third-order valence-corrected chi connectivity index (χ3v) is 7.40. The van der Waals surface area contributed by atoms with E-state index in [9.17, 15) is 22.8 Å². The molecule has 0 radical (unpaired) electrons. The van der Waals surface area contributed by atoms with Crippen LogP contribution in [0.1, 0.15) is 25.3 Å². The number of amides is 4. The lowest BCUT2D eigenvalue weighted by Gasteiger charge is -2.26. The quantitative estimate of drug-likeness (QED) is 0.521. The first-order valence-electron chi connectivity index (χ1n) is 10.7. The Hall–Kier alpha value is -3.44. The van der Waals surface area contributed by atoms with Crippen molar-refractivity contribution >= 4 is 33.6 Å². The maximum absolute atomic E-state index is 13.4. The molecule has 0 aromatic heterocycles. The lowest BCUT2D eigenvalue weighted by Crippen LogP contribution is -2.44. The van der Waals surface area contributed by atoms with Crippen molar-refractivity contribution in [2.24, 2.45) is 0 Å². The fourth-order valence-electron chi connectivity index (χ4n) is 3.87. The molecule has 1 aliphatic heterocycles. The fourth-order valence-corrected chi connectivity index (χ4v) is 4.79. The molecule has 3 rings (SSSR count). The molecule has 1 atom stereocenters. The van der Waals surface area contributed by atoms with Gasteiger partial charge in [0.2, 0.25) is 15.9 Å². The first-order chi connectivity index (χ1) is 16.1. The number of benzene rings is 2. The molecular weight excluding hydrogens is 460 g/mol. The van der Waals surface area contributed by atoms with Crippen LogP contribution in [0.25, 0.3) is 0 Å². The molecule has 1 saturated heterocycles. The average Bonchev–Trinajstić information content (AvgIpc) is 3.04. The van der Waals surface area contributed by atoms with Crippen LogP contribution in [0.2, 0.25) is 0 Å². The average molecular weight is 489 g/mol. The number of imide groups is 1. The summed E-state index contributed by atoms with van der Waals surface area (Å²) in [5.74, 6) is -0.967. The Morgan fingerprint density at radius 2 is 1.82 bits per heavy atom. The van der Waals surface area contributed by atoms with Crippen LogP contribution < -0.4 is 15.4 Å². The first-order valence-corrected chi connectivity index (χ1v) is 12.1. The van der Waals surface area contributed by atoms with Gasteiger partial charge < -0.3 is 15.4 Å². The van der Waals surface area contributed by atoms with Crippen LogP contribution in [-0.2, 0) is 25.2 Å². The van der Waals surface area contributed by atoms with Crippen LogP contribution in [-0.4, -0.2) is 63.2 Å². The van der Waals surface area contributed by atoms with Gasteiger partial charge in [-0.1, -0.05) is 43.7 Å². The minimum Gasteiger partial charge on any atom is -0.495 e. The van der Waals surface area contributed by atoms with Gasteiger partial charge in [0.05, 0.1) is 17.7 Å². The highest BCUT2D eigenvalue weighted by atomic mass is 32.2. The van der Waals surface area contributed by atoms with Crippen molar-refractivity contribution in [3.63, 3.8) is 0 Å². The van der Waals surface area contributed by atoms with Gasteiger partial charge in [0, 0.05) is 14.1 Å². The third kappa shape index (κ3) is 4.62. The van der Waals surface area contributed by atoms with Crippen molar-refractivity contribution in [3.8, 4) is 5.75 Å². The summed E-state index contributed by atoms with van der Waals surface area (Å²) >= 11 is 0. The third-order valence-electron chi connectivity index (χ3n) is 5.59. The van der Waals surface area contributed by atoms with Crippen molar-refractivity contribution in [1.82, 2.24) is 14.5 Å². The number of hydrogen-bond donors (Lipinski definition) is 2. The molecule has 0 saturated carbocycles. The lowest BCUT2D eigenvalue weighted by atomic mass is 9.85. The van der Waals surface area contributed by atoms with E-state index in [4.69, 9.17) is 4.74 Å². The number of hydrogen-bond acceptors (Lipinski definition) is 6. The van der Waals surface area contributed by atoms with Crippen molar-refractivity contribution in [3.05, 3.63) is 54.1 Å². The number of ether oxygens (including phenoxy) is 1. The number of methoxy groups -OCH3 is 1. The summed E-state index contributed by atoms with van der Waals surface area (Å²) in [6, 6.07) is 12.3. The molecule has 182 valence electrons. The van der Waals surface area contributed by atoms with Crippen LogP contribution in [0.3, 0.4) is 0 Å². The molecule has 0 bridgehead atoms. The Kier molecular flexibility index (Phi) is 7.27. The first kappa shape index (κ1) is 25.2. The van der Waals surface area contributed by atoms with Crippen LogP contribution in [0.5, 0.6) is 5.75 Å². The maximum atomic E-state index is 13.4. The number of anilines is 1. The molecule has 10 nitrogen and oxygen atoms in total. The van der Waals surface area contributed by atoms with Gasteiger partial charge in [-0.25, -0.2) is 17.5 Å². The van der Waals surface area contributed by atoms with E-state index in [-0.39, 0.29) is 16.3 Å². The summed E-state index contributed by atoms with van der Waals surface area (Å²) in [6.45, 7) is 1.36. The highest BCUT2D eigenvalue weighted by molar-refractivity contribution is 7.89. The van der Waals surface area contributed by atoms with Gasteiger partial charge in [0.15, 0.2) is 0 Å². The highest BCUT2D eigenvalue weighted by Gasteiger charge is 2.52. The minimum atomic E-state index is -3.75. The Balaban J connectivity index is 1.85. The maximum Gasteiger partial charge on any atom is 0.325 e. The van der Waals surface area contributed by atoms with Crippen molar-refractivity contribution in [2.45, 2.75) is 30.2 Å². The largest absolute Gasteiger partial charge is 0.495 e. The zero-order chi connectivity index (χ0) is 25.1. The molecule has 0 spiro atoms. The Morgan fingerprint density at radius 3 is 2.41 bits per heavy atom. The van der Waals surface area contributed by atoms with Crippen molar-refractivity contribution in [2.75, 3.05) is 33.1 Å². The van der Waals surface area contributed by atoms with E-state index in [0.29, 0.717) is 18.4 Å². The van der Waals surface area contributed by atoms with E-state index in [1.807, 2.05) is 13.0 Å². The SMILES string of the molecule is CCCC1(c2ccccc2)NC(=O)N(CC(=O)Nc2cc(S(=O)(=O)N(C)C)ccc2OC)C1=O. The van der Waals surface area contributed by atoms with E-state index in [2.05, 4.69) is 10.6 Å². The summed E-state index contributed by atoms with van der Waals surface area (Å²) in [6.07, 6.45) is 1.00. The van der Waals surface area contributed by atoms with E-state index in [0.717, 1.165) is 9.21 Å². The van der Waals surface area contributed by atoms with Gasteiger partial charge in [-0.3, -0.25) is 14.5 Å². The second-order valence-corrected chi connectivity index (χ2v) is 10.2. The molecule has 11 heteroatoms. The van der Waals surface area contributed by atoms with Gasteiger partial charge in [0.25, 0.3) is 5.91 Å². The van der Waals surface area contributed by atoms with Gasteiger partial charge in [0.1, 0.15) is 17.8 Å². The molecule has 1 unspecified atom stereocenters. The number of nitrogens with zero attached hydrogens (tertiary/aromatic N) is 2. The van der Waals surface area contributed by atoms with Crippen molar-refractivity contribution in [1.29, 1.82) is 0 Å². The molecule has 2 N–H and O–H groups in total. The van der Waals surface area contributed by atoms with Gasteiger partial charge >= 0.3 is 6.03 Å². The topological polar surface area (TPSA) is 125 Å². The zero-order valence-corrected chi connectivity index (χ0v) is 20.3. The standard InChI is InChI=1S/C23H28N4O6S/c1-5-13-23(16-9-7-6-8-10-16)21(29)27(22(30)25-23)15-20(28)24-18-14-17(11-12-19(18)33-4)34(31,32)26(2)3/h6-12,14H,5,13,15H2,1-4H3,(H,24,28)(H,25,30). The predicted molar refractivity (Wildman–Crippen MR) is 126 cm³/mol. The second-order valence-electron chi connectivity index (χ2n) is 8.04. The van der Waals surface area contributed by atoms with Crippen LogP contribution in [0, 0.1) is 0 Å². The van der Waals surface area contributed by atoms with E-state index in [1.165, 1.54) is 39.4 Å². The normalized spacial score (nSPS) is 18.2. The van der Waals surface area contributed by atoms with E-state index in [1.54, 1.807) is 24.3 Å². The second kappa shape index (κ2) is 9.82. The summed E-state index contributed by atoms with van der Waals surface area (Å²) in [5.41, 5.74) is -0.503. The number of urea groups is 1. The van der Waals surface area contributed by atoms with Gasteiger partial charge in [-0.15, -0.1) is 0 Å². The monoisotopic (exact) mass is 488 g/mol. The lowest BCUT2D eigenvalue weighted by molar-refractivity contribution is -0.134. The number of carbonyl (C=O) groups is 3. The predicted octanol–water partition coefficient (Wildman–Crippen LogP) is 2.13. The summed E-state index contributed by atoms with van der Waals surface area (Å²) in [4.78, 5) is 39.7. The van der Waals surface area contributed by atoms with Crippen LogP contribution in [0.15, 0.2) is 53.4 Å². The molecule has 1 aliphatic rings. The molecule has 1 heterocycles. The highest BCUT2D eigenvalue weighted by Crippen LogP contribution is 2.34. The van der Waals surface area contributed by atoms with Crippen LogP contribution >= 0.6 is 0 Å². The number of nitrogens with one attached hydrogen (secondary N) is 2. The van der Waals surface area contributed by atoms with E-state index >= 15 is 0 Å². The summed E-state index contributed by atoms with van der Waals surface area (Å²) < 4.78 is 31.2. The molecule has 2 aromatic rings. The summed E-state index contributed by atoms with van der Waals surface area (Å²) in [7, 11) is 0.409. The van der Waals surface area contributed by atoms with Crippen molar-refractivity contribution < 1.29 is 27.5 Å². The fraction of sp³-hybridized carbons (Fsp3) is 0.348. The Labute approximate surface area is 198 Å². The zero-order valence-electron chi connectivity index (χ0n) is 19.5. The smallest absolute Gasteiger partial charge is 0.325 e. The summed E-state index contributed by atoms with van der Waals surface area (Å²) in [5, 5.41) is 5.32. The molecule has 1 fully saturated rings. The van der Waals surface area contributed by atoms with Gasteiger partial charge in [-0.2, -0.15) is 0 Å². The molecule has 2 aromatic carbocycles. The molecule has 0 aliphatic carbocycles.